The van der Waals surface area contributed by atoms with Crippen molar-refractivity contribution in [2.75, 3.05) is 5.32 Å². The summed E-state index contributed by atoms with van der Waals surface area (Å²) in [6.07, 6.45) is 5.56. The van der Waals surface area contributed by atoms with Crippen LogP contribution in [-0.2, 0) is 17.9 Å². The van der Waals surface area contributed by atoms with Crippen LogP contribution >= 0.6 is 11.6 Å². The van der Waals surface area contributed by atoms with Crippen molar-refractivity contribution in [1.29, 1.82) is 0 Å². The molecule has 9 nitrogen and oxygen atoms in total. The first-order valence-electron chi connectivity index (χ1n) is 7.23. The fourth-order valence-electron chi connectivity index (χ4n) is 2.24. The number of carbonyl (C=O) groups excluding carboxylic acids is 1. The zero-order chi connectivity index (χ0) is 17.8. The number of rotatable bonds is 6. The lowest BCUT2D eigenvalue weighted by Gasteiger charge is -2.08. The number of hydrogen-bond donors (Lipinski definition) is 1. The third-order valence-electron chi connectivity index (χ3n) is 3.29. The Hall–Kier alpha value is -3.20. The van der Waals surface area contributed by atoms with Crippen LogP contribution in [0.4, 0.5) is 11.4 Å². The molecule has 0 radical (unpaired) electrons. The minimum absolute atomic E-state index is 0.118. The quantitative estimate of drug-likeness (QED) is 0.536. The third-order valence-corrected chi connectivity index (χ3v) is 3.49. The van der Waals surface area contributed by atoms with Gasteiger partial charge in [-0.25, -0.2) is 0 Å². The van der Waals surface area contributed by atoms with E-state index in [1.807, 2.05) is 18.2 Å². The Bertz CT molecular complexity index is 919. The van der Waals surface area contributed by atoms with Gasteiger partial charge in [0.05, 0.1) is 22.7 Å². The predicted molar refractivity (Wildman–Crippen MR) is 90.3 cm³/mol. The molecule has 0 aliphatic carbocycles. The molecule has 2 aromatic heterocycles. The Kier molecular flexibility index (Phi) is 4.75. The number of nitrogens with one attached hydrogen (secondary N) is 1. The molecular formula is C15H13ClN6O3. The second-order valence-corrected chi connectivity index (χ2v) is 5.69. The van der Waals surface area contributed by atoms with E-state index in [0.29, 0.717) is 17.3 Å². The van der Waals surface area contributed by atoms with Gasteiger partial charge in [-0.1, -0.05) is 23.7 Å². The van der Waals surface area contributed by atoms with Crippen LogP contribution in [0.25, 0.3) is 0 Å². The summed E-state index contributed by atoms with van der Waals surface area (Å²) in [6, 6.07) is 7.29. The van der Waals surface area contributed by atoms with E-state index in [4.69, 9.17) is 11.6 Å². The molecule has 0 saturated carbocycles. The number of halogens is 1. The Morgan fingerprint density at radius 2 is 2.04 bits per heavy atom. The maximum atomic E-state index is 12.1. The molecule has 0 atom stereocenters. The number of carbonyl (C=O) groups is 1. The zero-order valence-corrected chi connectivity index (χ0v) is 13.6. The van der Waals surface area contributed by atoms with Crippen LogP contribution in [0.5, 0.6) is 0 Å². The average Bonchev–Trinajstić information content (AvgIpc) is 3.17. The first-order valence-corrected chi connectivity index (χ1v) is 7.61. The highest BCUT2D eigenvalue weighted by molar-refractivity contribution is 6.30. The van der Waals surface area contributed by atoms with Crippen molar-refractivity contribution in [3.05, 3.63) is 69.8 Å². The number of amides is 1. The first kappa shape index (κ1) is 16.7. The van der Waals surface area contributed by atoms with Crippen molar-refractivity contribution in [3.8, 4) is 0 Å². The molecule has 0 saturated heterocycles. The van der Waals surface area contributed by atoms with Gasteiger partial charge in [-0.15, -0.1) is 0 Å². The van der Waals surface area contributed by atoms with Gasteiger partial charge in [0.15, 0.2) is 0 Å². The van der Waals surface area contributed by atoms with Crippen molar-refractivity contribution < 1.29 is 9.72 Å². The van der Waals surface area contributed by atoms with Crippen molar-refractivity contribution in [2.45, 2.75) is 13.1 Å². The van der Waals surface area contributed by atoms with Gasteiger partial charge in [0, 0.05) is 11.9 Å². The molecule has 25 heavy (non-hydrogen) atoms. The monoisotopic (exact) mass is 360 g/mol. The van der Waals surface area contributed by atoms with Gasteiger partial charge in [-0.3, -0.25) is 24.3 Å². The van der Waals surface area contributed by atoms with Crippen molar-refractivity contribution >= 4 is 28.9 Å². The largest absolute Gasteiger partial charge is 0.324 e. The second kappa shape index (κ2) is 7.14. The van der Waals surface area contributed by atoms with Crippen LogP contribution in [0.2, 0.25) is 5.02 Å². The van der Waals surface area contributed by atoms with Gasteiger partial charge in [-0.05, 0) is 17.7 Å². The van der Waals surface area contributed by atoms with E-state index in [1.165, 1.54) is 10.9 Å². The molecule has 0 spiro atoms. The average molecular weight is 361 g/mol. The molecule has 3 rings (SSSR count). The predicted octanol–water partition coefficient (Wildman–Crippen LogP) is 2.33. The summed E-state index contributed by atoms with van der Waals surface area (Å²) in [5, 5.41) is 21.8. The molecule has 1 N–H and O–H groups in total. The normalized spacial score (nSPS) is 10.6. The highest BCUT2D eigenvalue weighted by atomic mass is 35.5. The fourth-order valence-corrected chi connectivity index (χ4v) is 2.40. The lowest BCUT2D eigenvalue weighted by Crippen LogP contribution is -2.19. The number of nitro groups is 1. The molecule has 10 heteroatoms. The molecule has 1 aromatic carbocycles. The Labute approximate surface area is 147 Å². The van der Waals surface area contributed by atoms with Crippen molar-refractivity contribution in [2.24, 2.45) is 0 Å². The summed E-state index contributed by atoms with van der Waals surface area (Å²) >= 11 is 5.83. The van der Waals surface area contributed by atoms with Crippen LogP contribution in [-0.4, -0.2) is 30.4 Å². The summed E-state index contributed by atoms with van der Waals surface area (Å²) in [6.45, 7) is 0.397. The lowest BCUT2D eigenvalue weighted by atomic mass is 10.2. The number of anilines is 1. The van der Waals surface area contributed by atoms with Gasteiger partial charge in [0.1, 0.15) is 18.9 Å². The Balaban J connectivity index is 1.62. The minimum Gasteiger partial charge on any atom is -0.324 e. The van der Waals surface area contributed by atoms with Crippen LogP contribution in [0, 0.1) is 10.1 Å². The van der Waals surface area contributed by atoms with E-state index in [1.54, 1.807) is 23.1 Å². The second-order valence-electron chi connectivity index (χ2n) is 5.26. The molecular weight excluding hydrogens is 348 g/mol. The van der Waals surface area contributed by atoms with Gasteiger partial charge in [0.2, 0.25) is 5.91 Å². The van der Waals surface area contributed by atoms with Crippen LogP contribution in [0.15, 0.2) is 49.1 Å². The van der Waals surface area contributed by atoms with Gasteiger partial charge >= 0.3 is 5.69 Å². The molecule has 0 unspecified atom stereocenters. The van der Waals surface area contributed by atoms with E-state index in [2.05, 4.69) is 15.5 Å². The maximum absolute atomic E-state index is 12.1. The molecule has 2 heterocycles. The lowest BCUT2D eigenvalue weighted by molar-refractivity contribution is -0.385. The molecule has 0 bridgehead atoms. The van der Waals surface area contributed by atoms with E-state index in [-0.39, 0.29) is 18.1 Å². The van der Waals surface area contributed by atoms with Gasteiger partial charge in [0.25, 0.3) is 0 Å². The molecule has 0 aliphatic heterocycles. The summed E-state index contributed by atoms with van der Waals surface area (Å²) in [4.78, 5) is 22.1. The van der Waals surface area contributed by atoms with Gasteiger partial charge in [-0.2, -0.15) is 10.2 Å². The molecule has 0 aliphatic rings. The highest BCUT2D eigenvalue weighted by Gasteiger charge is 2.11. The first-order chi connectivity index (χ1) is 12.0. The Morgan fingerprint density at radius 1 is 1.24 bits per heavy atom. The van der Waals surface area contributed by atoms with Crippen LogP contribution < -0.4 is 5.32 Å². The molecule has 1 amide bonds. The van der Waals surface area contributed by atoms with E-state index in [0.717, 1.165) is 11.8 Å². The summed E-state index contributed by atoms with van der Waals surface area (Å²) in [5.41, 5.74) is 1.39. The third kappa shape index (κ3) is 4.42. The van der Waals surface area contributed by atoms with Crippen LogP contribution in [0.3, 0.4) is 0 Å². The van der Waals surface area contributed by atoms with E-state index < -0.39 is 4.92 Å². The standard InChI is InChI=1S/C15H13ClN6O3/c16-12-5-17-20(8-12)7-11-2-1-3-13(4-11)19-15(23)10-21-9-14(6-18-21)22(24)25/h1-6,8-9H,7,10H2,(H,19,23). The van der Waals surface area contributed by atoms with Crippen molar-refractivity contribution in [3.63, 3.8) is 0 Å². The SMILES string of the molecule is O=C(Cn1cc([N+](=O)[O-])cn1)Nc1cccc(Cn2cc(Cl)cn2)c1. The molecule has 0 fully saturated rings. The number of nitrogens with zero attached hydrogens (tertiary/aromatic N) is 5. The van der Waals surface area contributed by atoms with E-state index >= 15 is 0 Å². The summed E-state index contributed by atoms with van der Waals surface area (Å²) in [5.74, 6) is -0.336. The van der Waals surface area contributed by atoms with E-state index in [9.17, 15) is 14.9 Å². The maximum Gasteiger partial charge on any atom is 0.307 e. The number of aromatic nitrogens is 4. The zero-order valence-electron chi connectivity index (χ0n) is 12.9. The van der Waals surface area contributed by atoms with Gasteiger partial charge < -0.3 is 5.32 Å². The van der Waals surface area contributed by atoms with Crippen molar-refractivity contribution in [1.82, 2.24) is 19.6 Å². The topological polar surface area (TPSA) is 108 Å². The fraction of sp³-hybridized carbons (Fsp3) is 0.133. The van der Waals surface area contributed by atoms with Crippen LogP contribution in [0.1, 0.15) is 5.56 Å². The minimum atomic E-state index is -0.563. The smallest absolute Gasteiger partial charge is 0.307 e. The summed E-state index contributed by atoms with van der Waals surface area (Å²) < 4.78 is 2.90. The highest BCUT2D eigenvalue weighted by Crippen LogP contribution is 2.14. The molecule has 3 aromatic rings. The Morgan fingerprint density at radius 3 is 2.72 bits per heavy atom. The summed E-state index contributed by atoms with van der Waals surface area (Å²) in [7, 11) is 0. The number of hydrogen-bond acceptors (Lipinski definition) is 5. The number of benzene rings is 1. The molecule has 128 valence electrons.